The first-order valence-electron chi connectivity index (χ1n) is 6.18. The average molecular weight is 245 g/mol. The van der Waals surface area contributed by atoms with E-state index in [0.29, 0.717) is 0 Å². The maximum absolute atomic E-state index is 5.29. The van der Waals surface area contributed by atoms with Gasteiger partial charge in [-0.3, -0.25) is 0 Å². The van der Waals surface area contributed by atoms with Crippen molar-refractivity contribution in [3.05, 3.63) is 35.7 Å². The molecule has 0 radical (unpaired) electrons. The fourth-order valence-electron chi connectivity index (χ4n) is 1.88. The average Bonchev–Trinajstić information content (AvgIpc) is 2.79. The highest BCUT2D eigenvalue weighted by atomic mass is 16.5. The van der Waals surface area contributed by atoms with E-state index in [0.717, 1.165) is 23.6 Å². The molecule has 0 saturated heterocycles. The Kier molecular flexibility index (Phi) is 3.77. The number of ether oxygens (including phenoxy) is 1. The van der Waals surface area contributed by atoms with Crippen LogP contribution in [-0.2, 0) is 18.2 Å². The molecule has 0 saturated carbocycles. The van der Waals surface area contributed by atoms with Crippen LogP contribution in [0.3, 0.4) is 0 Å². The molecule has 4 heteroatoms. The van der Waals surface area contributed by atoms with Crippen molar-refractivity contribution in [3.8, 4) is 11.4 Å². The van der Waals surface area contributed by atoms with Crippen molar-refractivity contribution in [2.45, 2.75) is 26.4 Å². The van der Waals surface area contributed by atoms with Gasteiger partial charge >= 0.3 is 0 Å². The lowest BCUT2D eigenvalue weighted by Gasteiger charge is -2.10. The Morgan fingerprint density at radius 2 is 1.94 bits per heavy atom. The van der Waals surface area contributed by atoms with E-state index in [-0.39, 0.29) is 6.10 Å². The molecule has 1 unspecified atom stereocenters. The minimum Gasteiger partial charge on any atom is -0.377 e. The van der Waals surface area contributed by atoms with Crippen LogP contribution in [0, 0.1) is 0 Å². The molecule has 1 atom stereocenters. The van der Waals surface area contributed by atoms with Crippen LogP contribution in [0.5, 0.6) is 0 Å². The molecule has 1 aromatic carbocycles. The molecule has 0 aliphatic carbocycles. The highest BCUT2D eigenvalue weighted by Crippen LogP contribution is 2.21. The van der Waals surface area contributed by atoms with Gasteiger partial charge in [-0.25, -0.2) is 9.67 Å². The van der Waals surface area contributed by atoms with E-state index in [9.17, 15) is 0 Å². The van der Waals surface area contributed by atoms with Crippen LogP contribution in [0.2, 0.25) is 0 Å². The predicted molar refractivity (Wildman–Crippen MR) is 71.2 cm³/mol. The van der Waals surface area contributed by atoms with Crippen molar-refractivity contribution in [2.24, 2.45) is 7.05 Å². The lowest BCUT2D eigenvalue weighted by Crippen LogP contribution is -1.97. The second kappa shape index (κ2) is 5.31. The maximum atomic E-state index is 5.29. The second-order valence-electron chi connectivity index (χ2n) is 4.33. The molecule has 0 spiro atoms. The minimum absolute atomic E-state index is 0.116. The van der Waals surface area contributed by atoms with E-state index in [1.54, 1.807) is 7.11 Å². The maximum Gasteiger partial charge on any atom is 0.158 e. The molecule has 2 aromatic rings. The van der Waals surface area contributed by atoms with Gasteiger partial charge in [0, 0.05) is 26.1 Å². The quantitative estimate of drug-likeness (QED) is 0.831. The third-order valence-corrected chi connectivity index (χ3v) is 3.11. The highest BCUT2D eigenvalue weighted by molar-refractivity contribution is 5.55. The molecule has 0 N–H and O–H groups in total. The molecule has 0 aliphatic heterocycles. The van der Waals surface area contributed by atoms with Crippen molar-refractivity contribution >= 4 is 0 Å². The van der Waals surface area contributed by atoms with E-state index in [1.165, 1.54) is 5.56 Å². The molecular weight excluding hydrogens is 226 g/mol. The monoisotopic (exact) mass is 245 g/mol. The summed E-state index contributed by atoms with van der Waals surface area (Å²) in [6.45, 7) is 4.09. The molecule has 0 fully saturated rings. The zero-order valence-electron chi connectivity index (χ0n) is 11.3. The summed E-state index contributed by atoms with van der Waals surface area (Å²) in [5, 5.41) is 4.36. The first-order valence-corrected chi connectivity index (χ1v) is 6.18. The van der Waals surface area contributed by atoms with Gasteiger partial charge in [0.1, 0.15) is 0 Å². The Morgan fingerprint density at radius 3 is 2.44 bits per heavy atom. The SMILES string of the molecule is CCc1nc(-c2ccc(C(C)OC)cc2)n(C)n1. The summed E-state index contributed by atoms with van der Waals surface area (Å²) in [5.74, 6) is 1.78. The fraction of sp³-hybridized carbons (Fsp3) is 0.429. The Hall–Kier alpha value is -1.68. The van der Waals surface area contributed by atoms with E-state index < -0.39 is 0 Å². The van der Waals surface area contributed by atoms with Crippen LogP contribution in [0.25, 0.3) is 11.4 Å². The summed E-state index contributed by atoms with van der Waals surface area (Å²) in [4.78, 5) is 4.51. The van der Waals surface area contributed by atoms with Gasteiger partial charge in [-0.05, 0) is 12.5 Å². The second-order valence-corrected chi connectivity index (χ2v) is 4.33. The van der Waals surface area contributed by atoms with E-state index in [4.69, 9.17) is 4.74 Å². The molecule has 0 aliphatic rings. The molecule has 0 bridgehead atoms. The van der Waals surface area contributed by atoms with Crippen molar-refractivity contribution < 1.29 is 4.74 Å². The Morgan fingerprint density at radius 1 is 1.28 bits per heavy atom. The van der Waals surface area contributed by atoms with Crippen molar-refractivity contribution in [3.63, 3.8) is 0 Å². The van der Waals surface area contributed by atoms with Gasteiger partial charge in [0.25, 0.3) is 0 Å². The minimum atomic E-state index is 0.116. The number of nitrogens with zero attached hydrogens (tertiary/aromatic N) is 3. The molecular formula is C14H19N3O. The van der Waals surface area contributed by atoms with Crippen molar-refractivity contribution in [1.29, 1.82) is 0 Å². The van der Waals surface area contributed by atoms with Crippen LogP contribution in [-0.4, -0.2) is 21.9 Å². The fourth-order valence-corrected chi connectivity index (χ4v) is 1.88. The van der Waals surface area contributed by atoms with Crippen molar-refractivity contribution in [2.75, 3.05) is 7.11 Å². The van der Waals surface area contributed by atoms with E-state index in [1.807, 2.05) is 18.7 Å². The largest absolute Gasteiger partial charge is 0.377 e. The number of aryl methyl sites for hydroxylation is 2. The lowest BCUT2D eigenvalue weighted by molar-refractivity contribution is 0.119. The normalized spacial score (nSPS) is 12.7. The van der Waals surface area contributed by atoms with Crippen LogP contribution in [0.1, 0.15) is 31.3 Å². The lowest BCUT2D eigenvalue weighted by atomic mass is 10.1. The summed E-state index contributed by atoms with van der Waals surface area (Å²) in [7, 11) is 3.64. The summed E-state index contributed by atoms with van der Waals surface area (Å²) in [5.41, 5.74) is 2.25. The number of hydrogen-bond acceptors (Lipinski definition) is 3. The number of benzene rings is 1. The third-order valence-electron chi connectivity index (χ3n) is 3.11. The standard InChI is InChI=1S/C14H19N3O/c1-5-13-15-14(17(3)16-13)12-8-6-11(7-9-12)10(2)18-4/h6-10H,5H2,1-4H3. The number of rotatable bonds is 4. The van der Waals surface area contributed by atoms with Crippen LogP contribution in [0.15, 0.2) is 24.3 Å². The highest BCUT2D eigenvalue weighted by Gasteiger charge is 2.09. The zero-order chi connectivity index (χ0) is 13.1. The number of hydrogen-bond donors (Lipinski definition) is 0. The topological polar surface area (TPSA) is 39.9 Å². The Labute approximate surface area is 108 Å². The summed E-state index contributed by atoms with van der Waals surface area (Å²) in [6.07, 6.45) is 0.969. The number of methoxy groups -OCH3 is 1. The molecule has 1 heterocycles. The molecule has 18 heavy (non-hydrogen) atoms. The molecule has 96 valence electrons. The molecule has 2 rings (SSSR count). The number of aromatic nitrogens is 3. The zero-order valence-corrected chi connectivity index (χ0v) is 11.3. The van der Waals surface area contributed by atoms with Gasteiger partial charge in [-0.1, -0.05) is 31.2 Å². The van der Waals surface area contributed by atoms with Gasteiger partial charge in [-0.15, -0.1) is 0 Å². The summed E-state index contributed by atoms with van der Waals surface area (Å²) in [6, 6.07) is 8.27. The Bertz CT molecular complexity index is 516. The van der Waals surface area contributed by atoms with E-state index in [2.05, 4.69) is 41.3 Å². The molecule has 1 aromatic heterocycles. The van der Waals surface area contributed by atoms with Gasteiger partial charge in [-0.2, -0.15) is 5.10 Å². The predicted octanol–water partition coefficient (Wildman–Crippen LogP) is 2.75. The van der Waals surface area contributed by atoms with Crippen LogP contribution in [0.4, 0.5) is 0 Å². The van der Waals surface area contributed by atoms with Gasteiger partial charge < -0.3 is 4.74 Å². The third kappa shape index (κ3) is 2.43. The summed E-state index contributed by atoms with van der Waals surface area (Å²) < 4.78 is 7.12. The van der Waals surface area contributed by atoms with Crippen LogP contribution < -0.4 is 0 Å². The van der Waals surface area contributed by atoms with Gasteiger partial charge in [0.2, 0.25) is 0 Å². The van der Waals surface area contributed by atoms with Crippen molar-refractivity contribution in [1.82, 2.24) is 14.8 Å². The molecule has 4 nitrogen and oxygen atoms in total. The first kappa shape index (κ1) is 12.8. The first-order chi connectivity index (χ1) is 8.65. The smallest absolute Gasteiger partial charge is 0.158 e. The molecule has 0 amide bonds. The Balaban J connectivity index is 2.31. The van der Waals surface area contributed by atoms with Crippen LogP contribution >= 0.6 is 0 Å². The van der Waals surface area contributed by atoms with Gasteiger partial charge in [0.15, 0.2) is 11.6 Å². The van der Waals surface area contributed by atoms with Gasteiger partial charge in [0.05, 0.1) is 6.10 Å². The van der Waals surface area contributed by atoms with E-state index >= 15 is 0 Å². The summed E-state index contributed by atoms with van der Waals surface area (Å²) >= 11 is 0.